The van der Waals surface area contributed by atoms with E-state index in [-0.39, 0.29) is 0 Å². The van der Waals surface area contributed by atoms with Gasteiger partial charge in [-0.15, -0.1) is 0 Å². The Morgan fingerprint density at radius 1 is 0.333 bits per heavy atom. The molecule has 0 N–H and O–H groups in total. The summed E-state index contributed by atoms with van der Waals surface area (Å²) in [5, 5.41) is 3.39. The van der Waals surface area contributed by atoms with E-state index in [0.717, 1.165) is 89.1 Å². The lowest BCUT2D eigenvalue weighted by Gasteiger charge is -2.26. The topological polar surface area (TPSA) is 33.9 Å². The van der Waals surface area contributed by atoms with Gasteiger partial charge in [0.25, 0.3) is 0 Å². The molecule has 3 heterocycles. The number of furan rings is 1. The first-order valence-electron chi connectivity index (χ1n) is 20.3. The SMILES string of the molecule is c1ccc(-c2ccccc2-c2ccc(N(c3ccc(-c4cccc5c4oc4c(-c6ccccc6)c6ccccc6n45)cc3)c3ccc4c(c3)oc3ccccc34)cc2)cc1. The van der Waals surface area contributed by atoms with Crippen LogP contribution in [0, 0.1) is 0 Å². The van der Waals surface area contributed by atoms with Crippen LogP contribution in [0.15, 0.2) is 227 Å². The van der Waals surface area contributed by atoms with Gasteiger partial charge in [0.15, 0.2) is 5.58 Å². The Morgan fingerprint density at radius 2 is 0.850 bits per heavy atom. The maximum absolute atomic E-state index is 6.92. The zero-order valence-corrected chi connectivity index (χ0v) is 32.5. The van der Waals surface area contributed by atoms with Crippen LogP contribution in [0.3, 0.4) is 0 Å². The van der Waals surface area contributed by atoms with Crippen LogP contribution < -0.4 is 4.90 Å². The van der Waals surface area contributed by atoms with Gasteiger partial charge in [-0.05, 0) is 88.0 Å². The van der Waals surface area contributed by atoms with E-state index in [2.05, 4.69) is 216 Å². The first-order chi connectivity index (χ1) is 29.8. The molecule has 0 saturated heterocycles. The molecule has 0 spiro atoms. The molecule has 0 atom stereocenters. The number of anilines is 3. The number of benzene rings is 9. The first-order valence-corrected chi connectivity index (χ1v) is 20.3. The molecule has 12 rings (SSSR count). The molecule has 282 valence electrons. The molecule has 12 aromatic rings. The van der Waals surface area contributed by atoms with Crippen LogP contribution in [0.2, 0.25) is 0 Å². The van der Waals surface area contributed by atoms with E-state index in [4.69, 9.17) is 8.83 Å². The van der Waals surface area contributed by atoms with E-state index in [1.807, 2.05) is 12.1 Å². The Kier molecular flexibility index (Phi) is 7.82. The van der Waals surface area contributed by atoms with E-state index >= 15 is 0 Å². The van der Waals surface area contributed by atoms with Crippen LogP contribution in [0.1, 0.15) is 0 Å². The Balaban J connectivity index is 0.977. The predicted octanol–water partition coefficient (Wildman–Crippen LogP) is 15.9. The minimum absolute atomic E-state index is 0.850. The molecule has 0 radical (unpaired) electrons. The fourth-order valence-electron chi connectivity index (χ4n) is 9.05. The summed E-state index contributed by atoms with van der Waals surface area (Å²) in [4.78, 5) is 2.30. The van der Waals surface area contributed by atoms with E-state index in [1.54, 1.807) is 0 Å². The molecule has 0 aliphatic rings. The van der Waals surface area contributed by atoms with Crippen molar-refractivity contribution in [3.8, 4) is 44.5 Å². The average Bonchev–Trinajstić information content (AvgIpc) is 3.99. The van der Waals surface area contributed by atoms with Gasteiger partial charge in [-0.2, -0.15) is 0 Å². The van der Waals surface area contributed by atoms with Crippen LogP contribution >= 0.6 is 0 Å². The Bertz CT molecular complexity index is 3520. The standard InChI is InChI=1S/C56H36N2O2/c1-3-14-37(15-4-1)44-18-7-8-19-45(44)38-26-30-41(31-27-38)57(43-34-35-48-47-20-10-12-25-52(47)59-53(48)36-43)42-32-28-39(29-33-42)46-22-13-24-51-55(46)60-56-54(40-16-5-2-6-17-40)49-21-9-11-23-50(49)58(51)56/h1-36H. The van der Waals surface area contributed by atoms with Gasteiger partial charge in [-0.25, -0.2) is 0 Å². The normalized spacial score (nSPS) is 11.7. The van der Waals surface area contributed by atoms with Crippen molar-refractivity contribution in [1.29, 1.82) is 0 Å². The second-order valence-corrected chi connectivity index (χ2v) is 15.3. The number of oxazole rings is 1. The fourth-order valence-corrected chi connectivity index (χ4v) is 9.05. The molecule has 0 aliphatic heterocycles. The molecule has 0 saturated carbocycles. The molecule has 0 amide bonds. The lowest BCUT2D eigenvalue weighted by molar-refractivity contribution is 0.659. The second kappa shape index (κ2) is 13.8. The van der Waals surface area contributed by atoms with Gasteiger partial charge in [0, 0.05) is 44.9 Å². The van der Waals surface area contributed by atoms with E-state index in [9.17, 15) is 0 Å². The zero-order chi connectivity index (χ0) is 39.6. The van der Waals surface area contributed by atoms with Gasteiger partial charge in [0.2, 0.25) is 5.71 Å². The van der Waals surface area contributed by atoms with Gasteiger partial charge in [-0.3, -0.25) is 4.40 Å². The number of hydrogen-bond donors (Lipinski definition) is 0. The monoisotopic (exact) mass is 768 g/mol. The largest absolute Gasteiger partial charge is 0.456 e. The maximum Gasteiger partial charge on any atom is 0.213 e. The molecule has 60 heavy (non-hydrogen) atoms. The lowest BCUT2D eigenvalue weighted by Crippen LogP contribution is -2.09. The quantitative estimate of drug-likeness (QED) is 0.162. The van der Waals surface area contributed by atoms with E-state index in [0.29, 0.717) is 0 Å². The number of nitrogens with zero attached hydrogens (tertiary/aromatic N) is 2. The van der Waals surface area contributed by atoms with Gasteiger partial charge < -0.3 is 13.7 Å². The van der Waals surface area contributed by atoms with Gasteiger partial charge in [0.05, 0.1) is 16.6 Å². The van der Waals surface area contributed by atoms with Gasteiger partial charge in [-0.1, -0.05) is 158 Å². The highest BCUT2D eigenvalue weighted by Crippen LogP contribution is 2.44. The van der Waals surface area contributed by atoms with Crippen LogP contribution in [0.4, 0.5) is 17.1 Å². The second-order valence-electron chi connectivity index (χ2n) is 15.3. The molecule has 3 aromatic heterocycles. The summed E-state index contributed by atoms with van der Waals surface area (Å²) in [6.07, 6.45) is 0. The highest BCUT2D eigenvalue weighted by molar-refractivity contribution is 6.09. The molecular formula is C56H36N2O2. The average molecular weight is 769 g/mol. The third-order valence-corrected chi connectivity index (χ3v) is 11.8. The van der Waals surface area contributed by atoms with Crippen LogP contribution in [-0.2, 0) is 0 Å². The zero-order valence-electron chi connectivity index (χ0n) is 32.5. The number of fused-ring (bicyclic) bond motifs is 8. The lowest BCUT2D eigenvalue weighted by atomic mass is 9.94. The van der Waals surface area contributed by atoms with Crippen LogP contribution in [0.25, 0.3) is 94.2 Å². The highest BCUT2D eigenvalue weighted by atomic mass is 16.3. The number of para-hydroxylation sites is 3. The summed E-state index contributed by atoms with van der Waals surface area (Å²) in [7, 11) is 0. The van der Waals surface area contributed by atoms with Crippen molar-refractivity contribution in [2.24, 2.45) is 0 Å². The first kappa shape index (κ1) is 34.0. The van der Waals surface area contributed by atoms with Gasteiger partial charge in [0.1, 0.15) is 11.2 Å². The van der Waals surface area contributed by atoms with Crippen LogP contribution in [-0.4, -0.2) is 4.40 Å². The molecule has 0 aliphatic carbocycles. The van der Waals surface area contributed by atoms with Crippen molar-refractivity contribution in [2.75, 3.05) is 4.90 Å². The molecule has 0 fully saturated rings. The number of hydrogen-bond acceptors (Lipinski definition) is 3. The van der Waals surface area contributed by atoms with Crippen molar-refractivity contribution in [1.82, 2.24) is 4.40 Å². The summed E-state index contributed by atoms with van der Waals surface area (Å²) < 4.78 is 15.6. The van der Waals surface area contributed by atoms with Crippen molar-refractivity contribution in [3.05, 3.63) is 218 Å². The molecule has 4 heteroatoms. The summed E-state index contributed by atoms with van der Waals surface area (Å²) in [5.74, 6) is 0. The highest BCUT2D eigenvalue weighted by Gasteiger charge is 2.22. The minimum atomic E-state index is 0.850. The summed E-state index contributed by atoms with van der Waals surface area (Å²) >= 11 is 0. The van der Waals surface area contributed by atoms with Gasteiger partial charge >= 0.3 is 0 Å². The number of rotatable bonds is 7. The molecule has 0 unspecified atom stereocenters. The third-order valence-electron chi connectivity index (χ3n) is 11.8. The number of aromatic nitrogens is 1. The van der Waals surface area contributed by atoms with E-state index in [1.165, 1.54) is 22.1 Å². The Morgan fingerprint density at radius 3 is 1.57 bits per heavy atom. The smallest absolute Gasteiger partial charge is 0.213 e. The molecule has 0 bridgehead atoms. The summed E-state index contributed by atoms with van der Waals surface area (Å²) in [6.45, 7) is 0. The van der Waals surface area contributed by atoms with Crippen molar-refractivity contribution in [2.45, 2.75) is 0 Å². The maximum atomic E-state index is 6.92. The van der Waals surface area contributed by atoms with Crippen molar-refractivity contribution in [3.63, 3.8) is 0 Å². The van der Waals surface area contributed by atoms with Crippen molar-refractivity contribution < 1.29 is 8.83 Å². The summed E-state index contributed by atoms with van der Waals surface area (Å²) in [5.41, 5.74) is 17.8. The Hall–Kier alpha value is -8.08. The van der Waals surface area contributed by atoms with E-state index < -0.39 is 0 Å². The Labute approximate surface area is 346 Å². The molecule has 4 nitrogen and oxygen atoms in total. The van der Waals surface area contributed by atoms with Crippen molar-refractivity contribution >= 4 is 66.7 Å². The fraction of sp³-hybridized carbons (Fsp3) is 0. The summed E-state index contributed by atoms with van der Waals surface area (Å²) in [6, 6.07) is 77.2. The molecule has 9 aromatic carbocycles. The van der Waals surface area contributed by atoms with Crippen LogP contribution in [0.5, 0.6) is 0 Å². The third kappa shape index (κ3) is 5.46. The molecular weight excluding hydrogens is 733 g/mol. The predicted molar refractivity (Wildman–Crippen MR) is 248 cm³/mol. The minimum Gasteiger partial charge on any atom is -0.456 e.